The van der Waals surface area contributed by atoms with Crippen LogP contribution in [0.5, 0.6) is 5.75 Å². The molecule has 110 valence electrons. The van der Waals surface area contributed by atoms with Gasteiger partial charge in [-0.25, -0.2) is 4.39 Å². The third kappa shape index (κ3) is 3.47. The first-order valence-electron chi connectivity index (χ1n) is 6.35. The van der Waals surface area contributed by atoms with Crippen molar-refractivity contribution in [3.8, 4) is 5.75 Å². The van der Waals surface area contributed by atoms with Crippen LogP contribution in [0.25, 0.3) is 0 Å². The first-order chi connectivity index (χ1) is 10.0. The molecule has 0 fully saturated rings. The lowest BCUT2D eigenvalue weighted by Gasteiger charge is -2.10. The van der Waals surface area contributed by atoms with Gasteiger partial charge in [0.15, 0.2) is 0 Å². The molecule has 0 aliphatic rings. The minimum absolute atomic E-state index is 0.0189. The molecule has 0 spiro atoms. The first-order valence-corrected chi connectivity index (χ1v) is 6.35. The fraction of sp³-hybridized carbons (Fsp3) is 0.200. The van der Waals surface area contributed by atoms with Crippen LogP contribution >= 0.6 is 0 Å². The maximum atomic E-state index is 13.2. The Morgan fingerprint density at radius 2 is 2.05 bits per heavy atom. The summed E-state index contributed by atoms with van der Waals surface area (Å²) in [5, 5.41) is 13.7. The lowest BCUT2D eigenvalue weighted by Crippen LogP contribution is -2.01. The summed E-state index contributed by atoms with van der Waals surface area (Å²) in [6.07, 6.45) is 0. The van der Waals surface area contributed by atoms with Gasteiger partial charge in [0.2, 0.25) is 0 Å². The summed E-state index contributed by atoms with van der Waals surface area (Å²) in [5.74, 6) is 0.0439. The summed E-state index contributed by atoms with van der Waals surface area (Å²) in [6.45, 7) is 1.94. The van der Waals surface area contributed by atoms with E-state index in [1.807, 2.05) is 0 Å². The van der Waals surface area contributed by atoms with Crippen molar-refractivity contribution in [2.24, 2.45) is 0 Å². The van der Waals surface area contributed by atoms with Crippen molar-refractivity contribution in [2.45, 2.75) is 13.5 Å². The van der Waals surface area contributed by atoms with Crippen LogP contribution in [0.15, 0.2) is 36.4 Å². The van der Waals surface area contributed by atoms with Gasteiger partial charge in [-0.15, -0.1) is 0 Å². The Labute approximate surface area is 121 Å². The molecule has 0 amide bonds. The predicted molar refractivity (Wildman–Crippen MR) is 78.1 cm³/mol. The Kier molecular flexibility index (Phi) is 4.37. The van der Waals surface area contributed by atoms with Crippen molar-refractivity contribution in [3.05, 3.63) is 63.5 Å². The van der Waals surface area contributed by atoms with Crippen LogP contribution in [0.3, 0.4) is 0 Å². The van der Waals surface area contributed by atoms with E-state index in [1.54, 1.807) is 32.2 Å². The van der Waals surface area contributed by atoms with Crippen molar-refractivity contribution in [1.82, 2.24) is 0 Å². The van der Waals surface area contributed by atoms with Gasteiger partial charge in [-0.2, -0.15) is 0 Å². The van der Waals surface area contributed by atoms with Crippen molar-refractivity contribution in [2.75, 3.05) is 12.4 Å². The van der Waals surface area contributed by atoms with Crippen molar-refractivity contribution in [3.63, 3.8) is 0 Å². The van der Waals surface area contributed by atoms with Gasteiger partial charge in [-0.3, -0.25) is 10.1 Å². The number of aryl methyl sites for hydroxylation is 1. The number of nitro benzene ring substituents is 1. The minimum atomic E-state index is -0.456. The maximum absolute atomic E-state index is 13.2. The van der Waals surface area contributed by atoms with Crippen LogP contribution in [-0.4, -0.2) is 12.0 Å². The van der Waals surface area contributed by atoms with Crippen molar-refractivity contribution >= 4 is 11.4 Å². The number of benzene rings is 2. The second kappa shape index (κ2) is 6.21. The number of nitrogens with one attached hydrogen (secondary N) is 1. The van der Waals surface area contributed by atoms with Gasteiger partial charge in [-0.1, -0.05) is 12.1 Å². The number of hydrogen-bond acceptors (Lipinski definition) is 4. The zero-order valence-corrected chi connectivity index (χ0v) is 11.7. The lowest BCUT2D eigenvalue weighted by molar-refractivity contribution is -0.384. The topological polar surface area (TPSA) is 64.4 Å². The summed E-state index contributed by atoms with van der Waals surface area (Å²) in [4.78, 5) is 10.5. The number of hydrogen-bond donors (Lipinski definition) is 1. The molecular formula is C15H15FN2O3. The van der Waals surface area contributed by atoms with Crippen molar-refractivity contribution < 1.29 is 14.1 Å². The SMILES string of the molecule is CNc1ccc(COc2cc(F)ccc2C)cc1[N+](=O)[O-]. The molecule has 0 aliphatic heterocycles. The molecule has 0 unspecified atom stereocenters. The van der Waals surface area contributed by atoms with E-state index >= 15 is 0 Å². The highest BCUT2D eigenvalue weighted by Gasteiger charge is 2.13. The summed E-state index contributed by atoms with van der Waals surface area (Å²) >= 11 is 0. The number of nitro groups is 1. The first kappa shape index (κ1) is 14.8. The Morgan fingerprint density at radius 1 is 1.29 bits per heavy atom. The van der Waals surface area contributed by atoms with Gasteiger partial charge < -0.3 is 10.1 Å². The fourth-order valence-corrected chi connectivity index (χ4v) is 1.92. The van der Waals surface area contributed by atoms with E-state index in [2.05, 4.69) is 5.32 Å². The van der Waals surface area contributed by atoms with Crippen LogP contribution < -0.4 is 10.1 Å². The highest BCUT2D eigenvalue weighted by atomic mass is 19.1. The van der Waals surface area contributed by atoms with E-state index in [1.165, 1.54) is 18.2 Å². The molecule has 0 bridgehead atoms. The van der Waals surface area contributed by atoms with E-state index in [-0.39, 0.29) is 18.1 Å². The molecule has 0 saturated heterocycles. The molecule has 2 rings (SSSR count). The maximum Gasteiger partial charge on any atom is 0.292 e. The number of anilines is 1. The van der Waals surface area contributed by atoms with Gasteiger partial charge in [0.25, 0.3) is 5.69 Å². The molecule has 1 N–H and O–H groups in total. The van der Waals surface area contributed by atoms with Gasteiger partial charge >= 0.3 is 0 Å². The summed E-state index contributed by atoms with van der Waals surface area (Å²) in [5.41, 5.74) is 1.86. The van der Waals surface area contributed by atoms with Gasteiger partial charge in [0, 0.05) is 19.2 Å². The van der Waals surface area contributed by atoms with Gasteiger partial charge in [-0.05, 0) is 30.2 Å². The average molecular weight is 290 g/mol. The zero-order valence-electron chi connectivity index (χ0n) is 11.7. The molecule has 2 aromatic rings. The summed E-state index contributed by atoms with van der Waals surface area (Å²) < 4.78 is 18.7. The van der Waals surface area contributed by atoms with Crippen LogP contribution in [0.1, 0.15) is 11.1 Å². The number of rotatable bonds is 5. The van der Waals surface area contributed by atoms with E-state index in [9.17, 15) is 14.5 Å². The molecule has 0 saturated carbocycles. The van der Waals surface area contributed by atoms with E-state index in [4.69, 9.17) is 4.74 Å². The summed E-state index contributed by atoms with van der Waals surface area (Å²) in [6, 6.07) is 9.07. The standard InChI is InChI=1S/C15H15FN2O3/c1-10-3-5-12(16)8-15(10)21-9-11-4-6-13(17-2)14(7-11)18(19)20/h3-8,17H,9H2,1-2H3. The highest BCUT2D eigenvalue weighted by Crippen LogP contribution is 2.26. The largest absolute Gasteiger partial charge is 0.489 e. The molecule has 6 heteroatoms. The third-order valence-electron chi connectivity index (χ3n) is 3.07. The Bertz CT molecular complexity index is 674. The van der Waals surface area contributed by atoms with Gasteiger partial charge in [0.1, 0.15) is 23.9 Å². The van der Waals surface area contributed by atoms with Crippen LogP contribution in [0.2, 0.25) is 0 Å². The van der Waals surface area contributed by atoms with Crippen molar-refractivity contribution in [1.29, 1.82) is 0 Å². The molecule has 5 nitrogen and oxygen atoms in total. The second-order valence-electron chi connectivity index (χ2n) is 4.56. The van der Waals surface area contributed by atoms with E-state index in [0.717, 1.165) is 5.56 Å². The minimum Gasteiger partial charge on any atom is -0.489 e. The molecule has 0 aliphatic carbocycles. The number of halogens is 1. The summed E-state index contributed by atoms with van der Waals surface area (Å²) in [7, 11) is 1.62. The normalized spacial score (nSPS) is 10.2. The lowest BCUT2D eigenvalue weighted by atomic mass is 10.1. The monoisotopic (exact) mass is 290 g/mol. The molecule has 0 aromatic heterocycles. The Morgan fingerprint density at radius 3 is 2.71 bits per heavy atom. The molecule has 0 radical (unpaired) electrons. The number of nitrogens with zero attached hydrogens (tertiary/aromatic N) is 1. The van der Waals surface area contributed by atoms with Crippen LogP contribution in [0.4, 0.5) is 15.8 Å². The molecular weight excluding hydrogens is 275 g/mol. The fourth-order valence-electron chi connectivity index (χ4n) is 1.92. The second-order valence-corrected chi connectivity index (χ2v) is 4.56. The average Bonchev–Trinajstić information content (AvgIpc) is 2.47. The van der Waals surface area contributed by atoms with Crippen LogP contribution in [-0.2, 0) is 6.61 Å². The van der Waals surface area contributed by atoms with E-state index < -0.39 is 4.92 Å². The smallest absolute Gasteiger partial charge is 0.292 e. The molecule has 2 aromatic carbocycles. The predicted octanol–water partition coefficient (Wildman–Crippen LogP) is 3.66. The number of ether oxygens (including phenoxy) is 1. The van der Waals surface area contributed by atoms with Crippen LogP contribution in [0, 0.1) is 22.9 Å². The highest BCUT2D eigenvalue weighted by molar-refractivity contribution is 5.62. The van der Waals surface area contributed by atoms with E-state index in [0.29, 0.717) is 17.0 Å². The quantitative estimate of drug-likeness (QED) is 0.674. The third-order valence-corrected chi connectivity index (χ3v) is 3.07. The van der Waals surface area contributed by atoms with Gasteiger partial charge in [0.05, 0.1) is 4.92 Å². The molecule has 0 heterocycles. The zero-order chi connectivity index (χ0) is 15.4. The Balaban J connectivity index is 2.18. The molecule has 21 heavy (non-hydrogen) atoms. The molecule has 0 atom stereocenters. The Hall–Kier alpha value is -2.63.